The van der Waals surface area contributed by atoms with Gasteiger partial charge in [0.2, 0.25) is 0 Å². The second kappa shape index (κ2) is 5.66. The van der Waals surface area contributed by atoms with Crippen molar-refractivity contribution in [1.82, 2.24) is 9.97 Å². The van der Waals surface area contributed by atoms with E-state index in [4.69, 9.17) is 0 Å². The summed E-state index contributed by atoms with van der Waals surface area (Å²) in [4.78, 5) is 8.33. The van der Waals surface area contributed by atoms with Crippen LogP contribution in [0.25, 0.3) is 0 Å². The van der Waals surface area contributed by atoms with Crippen molar-refractivity contribution in [1.29, 1.82) is 0 Å². The first-order valence-electron chi connectivity index (χ1n) is 5.28. The topological polar surface area (TPSA) is 58.0 Å². The van der Waals surface area contributed by atoms with E-state index in [1.165, 1.54) is 0 Å². The monoisotopic (exact) mass is 209 g/mol. The lowest BCUT2D eigenvalue weighted by atomic mass is 10.0. The molecule has 0 spiro atoms. The van der Waals surface area contributed by atoms with Gasteiger partial charge in [0.25, 0.3) is 0 Å². The highest BCUT2D eigenvalue weighted by atomic mass is 16.3. The summed E-state index contributed by atoms with van der Waals surface area (Å²) in [5.41, 5.74) is 0.876. The lowest BCUT2D eigenvalue weighted by Crippen LogP contribution is -2.26. The third-order valence-electron chi connectivity index (χ3n) is 2.08. The number of aryl methyl sites for hydroxylation is 1. The fourth-order valence-corrected chi connectivity index (χ4v) is 1.49. The van der Waals surface area contributed by atoms with Gasteiger partial charge in [0, 0.05) is 6.20 Å². The molecule has 0 radical (unpaired) electrons. The molecule has 0 aromatic carbocycles. The van der Waals surface area contributed by atoms with Crippen LogP contribution in [-0.2, 0) is 0 Å². The second-order valence-corrected chi connectivity index (χ2v) is 4.20. The molecule has 1 rings (SSSR count). The average molecular weight is 209 g/mol. The highest BCUT2D eigenvalue weighted by Gasteiger charge is 2.10. The van der Waals surface area contributed by atoms with Crippen molar-refractivity contribution in [2.24, 2.45) is 5.92 Å². The summed E-state index contributed by atoms with van der Waals surface area (Å²) in [5.74, 6) is 1.28. The van der Waals surface area contributed by atoms with Gasteiger partial charge in [-0.15, -0.1) is 0 Å². The molecule has 1 atom stereocenters. The average Bonchev–Trinajstić information content (AvgIpc) is 2.16. The molecule has 15 heavy (non-hydrogen) atoms. The van der Waals surface area contributed by atoms with Gasteiger partial charge < -0.3 is 10.4 Å². The van der Waals surface area contributed by atoms with Crippen molar-refractivity contribution in [3.05, 3.63) is 18.1 Å². The molecular weight excluding hydrogens is 190 g/mol. The van der Waals surface area contributed by atoms with Gasteiger partial charge in [0.1, 0.15) is 5.82 Å². The van der Waals surface area contributed by atoms with E-state index >= 15 is 0 Å². The molecule has 1 unspecified atom stereocenters. The maximum atomic E-state index is 9.19. The summed E-state index contributed by atoms with van der Waals surface area (Å²) in [6, 6.07) is 0.0566. The lowest BCUT2D eigenvalue weighted by molar-refractivity contribution is 0.259. The van der Waals surface area contributed by atoms with Gasteiger partial charge in [0.05, 0.1) is 24.5 Å². The van der Waals surface area contributed by atoms with Crippen molar-refractivity contribution >= 4 is 5.82 Å². The minimum Gasteiger partial charge on any atom is -0.394 e. The van der Waals surface area contributed by atoms with Crippen molar-refractivity contribution in [2.45, 2.75) is 33.2 Å². The standard InChI is InChI=1S/C11H19N3O/c1-8(2)4-10(7-15)14-11-6-12-5-9(3)13-11/h5-6,8,10,15H,4,7H2,1-3H3,(H,13,14). The number of aromatic nitrogens is 2. The SMILES string of the molecule is Cc1cncc(NC(CO)CC(C)C)n1. The number of aliphatic hydroxyl groups excluding tert-OH is 1. The van der Waals surface area contributed by atoms with Crippen molar-refractivity contribution in [3.63, 3.8) is 0 Å². The van der Waals surface area contributed by atoms with E-state index < -0.39 is 0 Å². The molecule has 1 aromatic rings. The summed E-state index contributed by atoms with van der Waals surface area (Å²) in [7, 11) is 0. The third kappa shape index (κ3) is 4.25. The van der Waals surface area contributed by atoms with Crippen LogP contribution in [0.3, 0.4) is 0 Å². The zero-order valence-electron chi connectivity index (χ0n) is 9.57. The zero-order valence-corrected chi connectivity index (χ0v) is 9.57. The van der Waals surface area contributed by atoms with Crippen molar-refractivity contribution in [2.75, 3.05) is 11.9 Å². The number of anilines is 1. The predicted molar refractivity (Wildman–Crippen MR) is 60.7 cm³/mol. The van der Waals surface area contributed by atoms with Gasteiger partial charge in [-0.1, -0.05) is 13.8 Å². The maximum absolute atomic E-state index is 9.19. The van der Waals surface area contributed by atoms with Crippen LogP contribution in [-0.4, -0.2) is 27.7 Å². The minimum absolute atomic E-state index is 0.0566. The molecule has 0 bridgehead atoms. The van der Waals surface area contributed by atoms with Crippen molar-refractivity contribution < 1.29 is 5.11 Å². The smallest absolute Gasteiger partial charge is 0.145 e. The Morgan fingerprint density at radius 1 is 1.40 bits per heavy atom. The first kappa shape index (κ1) is 11.9. The quantitative estimate of drug-likeness (QED) is 0.773. The summed E-state index contributed by atoms with van der Waals surface area (Å²) in [5, 5.41) is 12.4. The number of rotatable bonds is 5. The molecule has 2 N–H and O–H groups in total. The summed E-state index contributed by atoms with van der Waals surface area (Å²) in [6.45, 7) is 6.28. The van der Waals surface area contributed by atoms with E-state index in [0.29, 0.717) is 5.92 Å². The van der Waals surface area contributed by atoms with Crippen LogP contribution < -0.4 is 5.32 Å². The van der Waals surface area contributed by atoms with Crippen LogP contribution in [0.5, 0.6) is 0 Å². The number of nitrogens with one attached hydrogen (secondary N) is 1. The highest BCUT2D eigenvalue weighted by molar-refractivity contribution is 5.32. The predicted octanol–water partition coefficient (Wildman–Crippen LogP) is 1.60. The second-order valence-electron chi connectivity index (χ2n) is 4.20. The van der Waals surface area contributed by atoms with Gasteiger partial charge in [-0.05, 0) is 19.3 Å². The zero-order chi connectivity index (χ0) is 11.3. The third-order valence-corrected chi connectivity index (χ3v) is 2.08. The van der Waals surface area contributed by atoms with E-state index in [-0.39, 0.29) is 12.6 Å². The van der Waals surface area contributed by atoms with Gasteiger partial charge >= 0.3 is 0 Å². The first-order chi connectivity index (χ1) is 7.11. The molecule has 1 heterocycles. The lowest BCUT2D eigenvalue weighted by Gasteiger charge is -2.18. The van der Waals surface area contributed by atoms with E-state index in [2.05, 4.69) is 29.1 Å². The molecule has 0 aliphatic rings. The summed E-state index contributed by atoms with van der Waals surface area (Å²) >= 11 is 0. The number of aliphatic hydroxyl groups is 1. The molecule has 0 amide bonds. The number of hydrogen-bond acceptors (Lipinski definition) is 4. The molecular formula is C11H19N3O. The number of hydrogen-bond donors (Lipinski definition) is 2. The summed E-state index contributed by atoms with van der Waals surface area (Å²) in [6.07, 6.45) is 4.31. The van der Waals surface area contributed by atoms with Crippen LogP contribution in [0.15, 0.2) is 12.4 Å². The molecule has 0 saturated heterocycles. The van der Waals surface area contributed by atoms with Gasteiger partial charge in [-0.3, -0.25) is 4.98 Å². The molecule has 84 valence electrons. The highest BCUT2D eigenvalue weighted by Crippen LogP contribution is 2.10. The Hall–Kier alpha value is -1.16. The Morgan fingerprint density at radius 2 is 2.13 bits per heavy atom. The fourth-order valence-electron chi connectivity index (χ4n) is 1.49. The van der Waals surface area contributed by atoms with Crippen molar-refractivity contribution in [3.8, 4) is 0 Å². The Labute approximate surface area is 90.8 Å². The number of nitrogens with zero attached hydrogens (tertiary/aromatic N) is 2. The molecule has 1 aromatic heterocycles. The Balaban J connectivity index is 2.58. The van der Waals surface area contributed by atoms with Crippen LogP contribution in [0.4, 0.5) is 5.82 Å². The fraction of sp³-hybridized carbons (Fsp3) is 0.636. The maximum Gasteiger partial charge on any atom is 0.145 e. The van der Waals surface area contributed by atoms with Gasteiger partial charge in [-0.25, -0.2) is 4.98 Å². The molecule has 4 heteroatoms. The van der Waals surface area contributed by atoms with E-state index in [1.807, 2.05) is 6.92 Å². The molecule has 0 aliphatic heterocycles. The minimum atomic E-state index is 0.0566. The normalized spacial score (nSPS) is 12.9. The Bertz CT molecular complexity index is 302. The van der Waals surface area contributed by atoms with E-state index in [0.717, 1.165) is 17.9 Å². The van der Waals surface area contributed by atoms with Gasteiger partial charge in [0.15, 0.2) is 0 Å². The van der Waals surface area contributed by atoms with E-state index in [9.17, 15) is 5.11 Å². The Morgan fingerprint density at radius 3 is 2.67 bits per heavy atom. The Kier molecular flexibility index (Phi) is 4.49. The van der Waals surface area contributed by atoms with Crippen LogP contribution >= 0.6 is 0 Å². The van der Waals surface area contributed by atoms with Crippen LogP contribution in [0.2, 0.25) is 0 Å². The summed E-state index contributed by atoms with van der Waals surface area (Å²) < 4.78 is 0. The van der Waals surface area contributed by atoms with Gasteiger partial charge in [-0.2, -0.15) is 0 Å². The van der Waals surface area contributed by atoms with E-state index in [1.54, 1.807) is 12.4 Å². The molecule has 0 saturated carbocycles. The van der Waals surface area contributed by atoms with Crippen LogP contribution in [0, 0.1) is 12.8 Å². The first-order valence-corrected chi connectivity index (χ1v) is 5.28. The van der Waals surface area contributed by atoms with Crippen LogP contribution in [0.1, 0.15) is 26.0 Å². The molecule has 0 fully saturated rings. The molecule has 4 nitrogen and oxygen atoms in total. The largest absolute Gasteiger partial charge is 0.394 e. The molecule has 0 aliphatic carbocycles.